The molecule has 0 N–H and O–H groups in total. The fraction of sp³-hybridized carbons (Fsp3) is 0.261. The first-order valence-corrected chi connectivity index (χ1v) is 9.38. The van der Waals surface area contributed by atoms with Gasteiger partial charge in [0.05, 0.1) is 26.2 Å². The molecular weight excluding hydrogens is 370 g/mol. The number of fused-ring (bicyclic) bond motifs is 3. The Morgan fingerprint density at radius 3 is 2.14 bits per heavy atom. The van der Waals surface area contributed by atoms with E-state index in [0.717, 1.165) is 11.1 Å². The van der Waals surface area contributed by atoms with Crippen molar-refractivity contribution in [3.63, 3.8) is 0 Å². The number of hydrogen-bond acceptors (Lipinski definition) is 6. The number of hydrogen-bond donors (Lipinski definition) is 0. The molecular formula is C23H21NO5. The Balaban J connectivity index is 1.89. The second-order valence-electron chi connectivity index (χ2n) is 7.11. The molecule has 1 fully saturated rings. The van der Waals surface area contributed by atoms with Crippen LogP contribution in [0.2, 0.25) is 0 Å². The Bertz CT molecular complexity index is 984. The molecule has 0 aromatic heterocycles. The molecule has 0 amide bonds. The first-order chi connectivity index (χ1) is 14.1. The summed E-state index contributed by atoms with van der Waals surface area (Å²) in [6.45, 7) is 0. The third-order valence-corrected chi connectivity index (χ3v) is 5.72. The highest BCUT2D eigenvalue weighted by atomic mass is 16.5. The summed E-state index contributed by atoms with van der Waals surface area (Å²) in [5.41, 5.74) is 2.30. The first-order valence-electron chi connectivity index (χ1n) is 9.38. The molecule has 0 spiro atoms. The number of ether oxygens (including phenoxy) is 2. The number of methoxy groups -OCH3 is 2. The molecule has 2 heterocycles. The molecule has 6 heteroatoms. The van der Waals surface area contributed by atoms with Gasteiger partial charge in [0.1, 0.15) is 12.0 Å². The molecule has 4 unspecified atom stereocenters. The van der Waals surface area contributed by atoms with Gasteiger partial charge in [0, 0.05) is 11.8 Å². The summed E-state index contributed by atoms with van der Waals surface area (Å²) in [5.74, 6) is -3.22. The maximum Gasteiger partial charge on any atom is 0.312 e. The molecule has 2 aliphatic heterocycles. The Kier molecular flexibility index (Phi) is 4.92. The maximum absolute atomic E-state index is 13.5. The molecule has 148 valence electrons. The van der Waals surface area contributed by atoms with Crippen LogP contribution in [0, 0.1) is 11.8 Å². The highest BCUT2D eigenvalue weighted by molar-refractivity contribution is 6.04. The zero-order valence-corrected chi connectivity index (χ0v) is 16.1. The van der Waals surface area contributed by atoms with Crippen molar-refractivity contribution in [2.24, 2.45) is 11.8 Å². The molecule has 6 nitrogen and oxygen atoms in total. The fourth-order valence-electron chi connectivity index (χ4n) is 4.47. The number of nitrogens with zero attached hydrogens (tertiary/aromatic N) is 1. The van der Waals surface area contributed by atoms with Gasteiger partial charge >= 0.3 is 11.9 Å². The number of Topliss-reactive ketones (excluding diaryl/α,β-unsaturated/α-hetero) is 1. The van der Waals surface area contributed by atoms with Crippen molar-refractivity contribution in [1.82, 2.24) is 4.90 Å². The van der Waals surface area contributed by atoms with E-state index in [1.165, 1.54) is 14.2 Å². The van der Waals surface area contributed by atoms with Crippen molar-refractivity contribution in [2.75, 3.05) is 14.2 Å². The quantitative estimate of drug-likeness (QED) is 0.590. The Morgan fingerprint density at radius 2 is 1.45 bits per heavy atom. The summed E-state index contributed by atoms with van der Waals surface area (Å²) < 4.78 is 10.1. The van der Waals surface area contributed by atoms with Crippen LogP contribution in [0.4, 0.5) is 0 Å². The van der Waals surface area contributed by atoms with E-state index in [2.05, 4.69) is 0 Å². The zero-order chi connectivity index (χ0) is 20.5. The lowest BCUT2D eigenvalue weighted by molar-refractivity contribution is -0.156. The predicted molar refractivity (Wildman–Crippen MR) is 106 cm³/mol. The second kappa shape index (κ2) is 7.54. The predicted octanol–water partition coefficient (Wildman–Crippen LogP) is 2.86. The summed E-state index contributed by atoms with van der Waals surface area (Å²) in [5, 5.41) is 0. The number of ketones is 1. The number of esters is 2. The third kappa shape index (κ3) is 3.01. The van der Waals surface area contributed by atoms with E-state index in [4.69, 9.17) is 9.47 Å². The molecule has 0 saturated carbocycles. The van der Waals surface area contributed by atoms with Crippen molar-refractivity contribution in [3.05, 3.63) is 77.5 Å². The highest BCUT2D eigenvalue weighted by Gasteiger charge is 2.59. The maximum atomic E-state index is 13.5. The monoisotopic (exact) mass is 391 g/mol. The van der Waals surface area contributed by atoms with Crippen LogP contribution < -0.4 is 0 Å². The molecule has 2 aromatic carbocycles. The number of benzene rings is 2. The van der Waals surface area contributed by atoms with Crippen LogP contribution in [0.3, 0.4) is 0 Å². The van der Waals surface area contributed by atoms with Crippen LogP contribution in [0.5, 0.6) is 0 Å². The molecule has 4 rings (SSSR count). The second-order valence-corrected chi connectivity index (χ2v) is 7.11. The minimum atomic E-state index is -0.985. The van der Waals surface area contributed by atoms with E-state index >= 15 is 0 Å². The molecule has 0 bridgehead atoms. The Hall–Kier alpha value is -3.41. The van der Waals surface area contributed by atoms with E-state index in [0.29, 0.717) is 5.56 Å². The van der Waals surface area contributed by atoms with Gasteiger partial charge in [0.25, 0.3) is 0 Å². The highest BCUT2D eigenvalue weighted by Crippen LogP contribution is 2.50. The van der Waals surface area contributed by atoms with E-state index in [9.17, 15) is 14.4 Å². The molecule has 2 aliphatic rings. The number of rotatable bonds is 4. The SMILES string of the molecule is COC(=O)C1C(C(=O)OC)C2c3ccccc3C=CN2C1C(=O)c1ccccc1. The zero-order valence-electron chi connectivity index (χ0n) is 16.1. The van der Waals surface area contributed by atoms with Crippen LogP contribution in [0.1, 0.15) is 27.5 Å². The summed E-state index contributed by atoms with van der Waals surface area (Å²) in [7, 11) is 2.56. The van der Waals surface area contributed by atoms with E-state index in [-0.39, 0.29) is 5.78 Å². The van der Waals surface area contributed by atoms with Crippen molar-refractivity contribution < 1.29 is 23.9 Å². The fourth-order valence-corrected chi connectivity index (χ4v) is 4.47. The average molecular weight is 391 g/mol. The largest absolute Gasteiger partial charge is 0.469 e. The van der Waals surface area contributed by atoms with Gasteiger partial charge in [-0.2, -0.15) is 0 Å². The Morgan fingerprint density at radius 1 is 0.828 bits per heavy atom. The minimum Gasteiger partial charge on any atom is -0.469 e. The van der Waals surface area contributed by atoms with Gasteiger partial charge in [-0.05, 0) is 17.2 Å². The van der Waals surface area contributed by atoms with Gasteiger partial charge in [-0.1, -0.05) is 54.6 Å². The number of carbonyl (C=O) groups is 3. The summed E-state index contributed by atoms with van der Waals surface area (Å²) >= 11 is 0. The van der Waals surface area contributed by atoms with Crippen LogP contribution in [-0.4, -0.2) is 42.9 Å². The van der Waals surface area contributed by atoms with Crippen LogP contribution in [-0.2, 0) is 19.1 Å². The molecule has 0 aliphatic carbocycles. The smallest absolute Gasteiger partial charge is 0.312 e. The van der Waals surface area contributed by atoms with E-state index in [1.54, 1.807) is 35.4 Å². The topological polar surface area (TPSA) is 72.9 Å². The lowest BCUT2D eigenvalue weighted by Gasteiger charge is -2.33. The normalized spacial score (nSPS) is 24.4. The van der Waals surface area contributed by atoms with Gasteiger partial charge < -0.3 is 14.4 Å². The van der Waals surface area contributed by atoms with E-state index in [1.807, 2.05) is 36.4 Å². The third-order valence-electron chi connectivity index (χ3n) is 5.72. The van der Waals surface area contributed by atoms with Crippen molar-refractivity contribution in [2.45, 2.75) is 12.1 Å². The summed E-state index contributed by atoms with van der Waals surface area (Å²) in [6.07, 6.45) is 3.68. The average Bonchev–Trinajstić information content (AvgIpc) is 3.13. The lowest BCUT2D eigenvalue weighted by Crippen LogP contribution is -2.42. The van der Waals surface area contributed by atoms with Gasteiger partial charge in [0.2, 0.25) is 0 Å². The van der Waals surface area contributed by atoms with Gasteiger partial charge in [-0.15, -0.1) is 0 Å². The molecule has 4 atom stereocenters. The number of carbonyl (C=O) groups excluding carboxylic acids is 3. The van der Waals surface area contributed by atoms with Gasteiger partial charge in [0.15, 0.2) is 5.78 Å². The van der Waals surface area contributed by atoms with Gasteiger partial charge in [-0.25, -0.2) is 0 Å². The van der Waals surface area contributed by atoms with Crippen LogP contribution in [0.15, 0.2) is 60.8 Å². The van der Waals surface area contributed by atoms with Crippen molar-refractivity contribution >= 4 is 23.8 Å². The lowest BCUT2D eigenvalue weighted by atomic mass is 9.81. The molecule has 1 saturated heterocycles. The molecule has 0 radical (unpaired) electrons. The first kappa shape index (κ1) is 18.9. The van der Waals surface area contributed by atoms with Gasteiger partial charge in [-0.3, -0.25) is 14.4 Å². The minimum absolute atomic E-state index is 0.235. The summed E-state index contributed by atoms with van der Waals surface area (Å²) in [6, 6.07) is 15.0. The van der Waals surface area contributed by atoms with Crippen LogP contribution >= 0.6 is 0 Å². The standard InChI is InChI=1S/C23H21NO5/c1-28-22(26)17-18(23(27)29-2)20(21(25)15-9-4-3-5-10-15)24-13-12-14-8-6-7-11-16(14)19(17)24/h3-13,17-20H,1-2H3. The molecule has 2 aromatic rings. The molecule has 29 heavy (non-hydrogen) atoms. The Labute approximate surface area is 168 Å². The van der Waals surface area contributed by atoms with E-state index < -0.39 is 35.9 Å². The van der Waals surface area contributed by atoms with Crippen molar-refractivity contribution in [3.8, 4) is 0 Å². The van der Waals surface area contributed by atoms with Crippen LogP contribution in [0.25, 0.3) is 6.08 Å². The summed E-state index contributed by atoms with van der Waals surface area (Å²) in [4.78, 5) is 40.9. The van der Waals surface area contributed by atoms with Crippen molar-refractivity contribution in [1.29, 1.82) is 0 Å².